The van der Waals surface area contributed by atoms with E-state index in [0.717, 1.165) is 0 Å². The first kappa shape index (κ1) is 10.2. The molecule has 0 unspecified atom stereocenters. The summed E-state index contributed by atoms with van der Waals surface area (Å²) in [5.74, 6) is -0.674. The Balaban J connectivity index is 2.51. The smallest absolute Gasteiger partial charge is 0.423 e. The Morgan fingerprint density at radius 1 is 1.40 bits per heavy atom. The Morgan fingerprint density at radius 2 is 2.07 bits per heavy atom. The number of benzene rings is 1. The number of nitriles is 1. The summed E-state index contributed by atoms with van der Waals surface area (Å²) in [6.07, 6.45) is 1.26. The van der Waals surface area contributed by atoms with Gasteiger partial charge in [-0.2, -0.15) is 5.26 Å². The van der Waals surface area contributed by atoms with Crippen molar-refractivity contribution in [1.82, 2.24) is 0 Å². The maximum Gasteiger partial charge on any atom is 0.491 e. The molecule has 0 radical (unpaired) electrons. The van der Waals surface area contributed by atoms with Gasteiger partial charge >= 0.3 is 7.12 Å². The largest absolute Gasteiger partial charge is 0.491 e. The van der Waals surface area contributed by atoms with Crippen LogP contribution in [0.5, 0.6) is 0 Å². The van der Waals surface area contributed by atoms with Gasteiger partial charge in [-0.15, -0.1) is 0 Å². The van der Waals surface area contributed by atoms with Crippen LogP contribution in [0.3, 0.4) is 0 Å². The first-order chi connectivity index (χ1) is 7.10. The Morgan fingerprint density at radius 3 is 2.53 bits per heavy atom. The first-order valence-electron chi connectivity index (χ1n) is 4.67. The van der Waals surface area contributed by atoms with E-state index in [2.05, 4.69) is 6.07 Å². The fraction of sp³-hybridized carbons (Fsp3) is 0.300. The van der Waals surface area contributed by atoms with Crippen LogP contribution in [0.25, 0.3) is 0 Å². The highest BCUT2D eigenvalue weighted by Gasteiger charge is 2.47. The maximum absolute atomic E-state index is 13.8. The molecular weight excluding hydrogens is 196 g/mol. The van der Waals surface area contributed by atoms with Gasteiger partial charge in [-0.05, 0) is 12.8 Å². The molecule has 0 aliphatic heterocycles. The van der Waals surface area contributed by atoms with Gasteiger partial charge in [-0.25, -0.2) is 4.39 Å². The fourth-order valence-electron chi connectivity index (χ4n) is 1.69. The molecule has 0 amide bonds. The van der Waals surface area contributed by atoms with Gasteiger partial charge in [0.05, 0.1) is 11.5 Å². The number of hydrogen-bond donors (Lipinski definition) is 2. The molecule has 0 bridgehead atoms. The Hall–Kier alpha value is -1.38. The summed E-state index contributed by atoms with van der Waals surface area (Å²) in [6.45, 7) is 0. The second kappa shape index (κ2) is 3.33. The monoisotopic (exact) mass is 205 g/mol. The normalized spacial score (nSPS) is 16.9. The highest BCUT2D eigenvalue weighted by molar-refractivity contribution is 6.58. The summed E-state index contributed by atoms with van der Waals surface area (Å²) in [4.78, 5) is 0. The zero-order valence-electron chi connectivity index (χ0n) is 7.94. The molecule has 2 N–H and O–H groups in total. The lowest BCUT2D eigenvalue weighted by Gasteiger charge is -2.10. The maximum atomic E-state index is 13.8. The van der Waals surface area contributed by atoms with Crippen molar-refractivity contribution in [2.24, 2.45) is 0 Å². The standard InChI is InChI=1S/C10H9BFNO2/c12-9-7(10(6-13)4-5-10)2-1-3-8(9)11(14)15/h1-3,14-15H,4-5H2. The van der Waals surface area contributed by atoms with Crippen molar-refractivity contribution in [1.29, 1.82) is 5.26 Å². The fourth-order valence-corrected chi connectivity index (χ4v) is 1.69. The second-order valence-corrected chi connectivity index (χ2v) is 3.78. The average molecular weight is 205 g/mol. The Kier molecular flexibility index (Phi) is 2.26. The summed E-state index contributed by atoms with van der Waals surface area (Å²) in [7, 11) is -1.83. The minimum atomic E-state index is -1.83. The van der Waals surface area contributed by atoms with Crippen LogP contribution < -0.4 is 5.46 Å². The van der Waals surface area contributed by atoms with E-state index in [4.69, 9.17) is 15.3 Å². The Labute approximate surface area is 86.9 Å². The molecule has 0 saturated heterocycles. The summed E-state index contributed by atoms with van der Waals surface area (Å²) in [5.41, 5.74) is -0.640. The van der Waals surface area contributed by atoms with Crippen LogP contribution in [0.4, 0.5) is 4.39 Å². The molecule has 0 aromatic heterocycles. The summed E-state index contributed by atoms with van der Waals surface area (Å²) in [5, 5.41) is 26.8. The van der Waals surface area contributed by atoms with Crippen molar-refractivity contribution in [2.45, 2.75) is 18.3 Å². The van der Waals surface area contributed by atoms with Gasteiger partial charge in [0, 0.05) is 11.0 Å². The van der Waals surface area contributed by atoms with Crippen LogP contribution in [-0.4, -0.2) is 17.2 Å². The van der Waals surface area contributed by atoms with E-state index in [1.165, 1.54) is 18.2 Å². The third kappa shape index (κ3) is 1.52. The van der Waals surface area contributed by atoms with Crippen LogP contribution in [0, 0.1) is 17.1 Å². The molecule has 2 rings (SSSR count). The SMILES string of the molecule is N#CC1(c2cccc(B(O)O)c2F)CC1. The molecule has 0 spiro atoms. The van der Waals surface area contributed by atoms with E-state index in [1.54, 1.807) is 0 Å². The van der Waals surface area contributed by atoms with E-state index in [1.807, 2.05) is 0 Å². The zero-order valence-corrected chi connectivity index (χ0v) is 7.94. The third-order valence-electron chi connectivity index (χ3n) is 2.79. The minimum absolute atomic E-state index is 0.172. The van der Waals surface area contributed by atoms with E-state index in [-0.39, 0.29) is 11.0 Å². The summed E-state index contributed by atoms with van der Waals surface area (Å²) < 4.78 is 13.8. The number of rotatable bonds is 2. The quantitative estimate of drug-likeness (QED) is 0.671. The van der Waals surface area contributed by atoms with Crippen molar-refractivity contribution in [2.75, 3.05) is 0 Å². The molecular formula is C10H9BFNO2. The van der Waals surface area contributed by atoms with Crippen molar-refractivity contribution in [3.8, 4) is 6.07 Å². The van der Waals surface area contributed by atoms with E-state index in [0.29, 0.717) is 12.8 Å². The van der Waals surface area contributed by atoms with Gasteiger partial charge in [0.2, 0.25) is 0 Å². The van der Waals surface area contributed by atoms with Crippen LogP contribution in [0.2, 0.25) is 0 Å². The van der Waals surface area contributed by atoms with Crippen molar-refractivity contribution < 1.29 is 14.4 Å². The lowest BCUT2D eigenvalue weighted by Crippen LogP contribution is -2.34. The molecule has 1 aromatic rings. The molecule has 3 nitrogen and oxygen atoms in total. The molecule has 15 heavy (non-hydrogen) atoms. The molecule has 5 heteroatoms. The first-order valence-corrected chi connectivity index (χ1v) is 4.67. The molecule has 1 aliphatic carbocycles. The summed E-state index contributed by atoms with van der Waals surface area (Å²) >= 11 is 0. The van der Waals surface area contributed by atoms with Gasteiger partial charge < -0.3 is 10.0 Å². The molecule has 1 aromatic carbocycles. The van der Waals surface area contributed by atoms with Crippen LogP contribution in [0.15, 0.2) is 18.2 Å². The Bertz CT molecular complexity index is 438. The van der Waals surface area contributed by atoms with Crippen LogP contribution in [-0.2, 0) is 5.41 Å². The van der Waals surface area contributed by atoms with E-state index in [9.17, 15) is 4.39 Å². The number of nitrogens with zero attached hydrogens (tertiary/aromatic N) is 1. The van der Waals surface area contributed by atoms with Gasteiger partial charge in [0.15, 0.2) is 0 Å². The molecule has 0 heterocycles. The van der Waals surface area contributed by atoms with E-state index < -0.39 is 18.4 Å². The third-order valence-corrected chi connectivity index (χ3v) is 2.79. The molecule has 1 fully saturated rings. The van der Waals surface area contributed by atoms with Crippen molar-refractivity contribution in [3.63, 3.8) is 0 Å². The predicted molar refractivity (Wildman–Crippen MR) is 52.8 cm³/mol. The van der Waals surface area contributed by atoms with Gasteiger partial charge in [-0.3, -0.25) is 0 Å². The topological polar surface area (TPSA) is 64.2 Å². The van der Waals surface area contributed by atoms with Crippen LogP contribution in [0.1, 0.15) is 18.4 Å². The minimum Gasteiger partial charge on any atom is -0.423 e. The molecule has 76 valence electrons. The highest BCUT2D eigenvalue weighted by Crippen LogP contribution is 2.48. The molecule has 1 saturated carbocycles. The van der Waals surface area contributed by atoms with Crippen molar-refractivity contribution >= 4 is 12.6 Å². The van der Waals surface area contributed by atoms with Gasteiger partial charge in [0.1, 0.15) is 5.82 Å². The zero-order chi connectivity index (χ0) is 11.1. The second-order valence-electron chi connectivity index (χ2n) is 3.78. The molecule has 1 aliphatic rings. The van der Waals surface area contributed by atoms with Gasteiger partial charge in [-0.1, -0.05) is 18.2 Å². The molecule has 0 atom stereocenters. The number of halogens is 1. The lowest BCUT2D eigenvalue weighted by atomic mass is 9.77. The highest BCUT2D eigenvalue weighted by atomic mass is 19.1. The van der Waals surface area contributed by atoms with E-state index >= 15 is 0 Å². The lowest BCUT2D eigenvalue weighted by molar-refractivity contribution is 0.422. The van der Waals surface area contributed by atoms with Crippen molar-refractivity contribution in [3.05, 3.63) is 29.6 Å². The van der Waals surface area contributed by atoms with Gasteiger partial charge in [0.25, 0.3) is 0 Å². The average Bonchev–Trinajstić information content (AvgIpc) is 2.98. The number of hydrogen-bond acceptors (Lipinski definition) is 3. The predicted octanol–water partition coefficient (Wildman–Crippen LogP) is 0.0607. The summed E-state index contributed by atoms with van der Waals surface area (Å²) in [6, 6.07) is 6.43. The van der Waals surface area contributed by atoms with Crippen LogP contribution >= 0.6 is 0 Å².